The van der Waals surface area contributed by atoms with E-state index in [1.165, 1.54) is 24.3 Å². The molecule has 0 bridgehead atoms. The molecule has 0 fully saturated rings. The first-order valence-electron chi connectivity index (χ1n) is 7.48. The van der Waals surface area contributed by atoms with Gasteiger partial charge in [0.1, 0.15) is 11.5 Å². The van der Waals surface area contributed by atoms with E-state index in [1.807, 2.05) is 6.92 Å². The zero-order chi connectivity index (χ0) is 18.4. The molecule has 2 aromatic rings. The smallest absolute Gasteiger partial charge is 0.491 e. The number of ether oxygens (including phenoxy) is 2. The third kappa shape index (κ3) is 5.59. The SMILES string of the molecule is CCCOc1ccc(C(=O)Nc2cccc(OC(F)(F)F)c2)cc1N. The largest absolute Gasteiger partial charge is 0.573 e. The van der Waals surface area contributed by atoms with Gasteiger partial charge in [-0.1, -0.05) is 13.0 Å². The maximum atomic E-state index is 12.2. The molecule has 0 heterocycles. The number of rotatable bonds is 6. The standard InChI is InChI=1S/C17H17F3N2O3/c1-2-8-24-15-7-6-11(9-14(15)21)16(23)22-12-4-3-5-13(10-12)25-17(18,19)20/h3-7,9-10H,2,8,21H2,1H3,(H,22,23). The lowest BCUT2D eigenvalue weighted by Gasteiger charge is -2.12. The van der Waals surface area contributed by atoms with E-state index in [0.717, 1.165) is 18.6 Å². The number of amides is 1. The van der Waals surface area contributed by atoms with Crippen LogP contribution in [0.3, 0.4) is 0 Å². The van der Waals surface area contributed by atoms with E-state index in [2.05, 4.69) is 10.1 Å². The molecule has 0 aliphatic rings. The molecule has 0 aliphatic heterocycles. The summed E-state index contributed by atoms with van der Waals surface area (Å²) in [4.78, 5) is 12.2. The first kappa shape index (κ1) is 18.4. The number of carbonyl (C=O) groups excluding carboxylic acids is 1. The van der Waals surface area contributed by atoms with Crippen molar-refractivity contribution in [2.24, 2.45) is 0 Å². The molecule has 2 aromatic carbocycles. The fourth-order valence-corrected chi connectivity index (χ4v) is 2.01. The lowest BCUT2D eigenvalue weighted by molar-refractivity contribution is -0.274. The second-order valence-corrected chi connectivity index (χ2v) is 5.13. The van der Waals surface area contributed by atoms with Gasteiger partial charge in [-0.05, 0) is 36.8 Å². The van der Waals surface area contributed by atoms with Gasteiger partial charge in [0.05, 0.1) is 12.3 Å². The van der Waals surface area contributed by atoms with Crippen molar-refractivity contribution in [3.8, 4) is 11.5 Å². The highest BCUT2D eigenvalue weighted by molar-refractivity contribution is 6.05. The number of nitrogens with two attached hydrogens (primary N) is 1. The van der Waals surface area contributed by atoms with Crippen LogP contribution in [-0.4, -0.2) is 18.9 Å². The van der Waals surface area contributed by atoms with Gasteiger partial charge in [-0.3, -0.25) is 4.79 Å². The average molecular weight is 354 g/mol. The second kappa shape index (κ2) is 7.78. The van der Waals surface area contributed by atoms with Gasteiger partial charge in [-0.25, -0.2) is 0 Å². The minimum Gasteiger partial charge on any atom is -0.491 e. The minimum atomic E-state index is -4.80. The summed E-state index contributed by atoms with van der Waals surface area (Å²) in [7, 11) is 0. The van der Waals surface area contributed by atoms with Crippen LogP contribution in [0.25, 0.3) is 0 Å². The topological polar surface area (TPSA) is 73.6 Å². The summed E-state index contributed by atoms with van der Waals surface area (Å²) in [5.74, 6) is -0.468. The summed E-state index contributed by atoms with van der Waals surface area (Å²) in [6.45, 7) is 2.45. The van der Waals surface area contributed by atoms with Gasteiger partial charge in [-0.2, -0.15) is 0 Å². The highest BCUT2D eigenvalue weighted by Gasteiger charge is 2.31. The van der Waals surface area contributed by atoms with E-state index in [-0.39, 0.29) is 11.3 Å². The predicted octanol–water partition coefficient (Wildman–Crippen LogP) is 4.21. The van der Waals surface area contributed by atoms with Gasteiger partial charge in [0.2, 0.25) is 0 Å². The Balaban J connectivity index is 2.09. The van der Waals surface area contributed by atoms with Crippen LogP contribution in [0.15, 0.2) is 42.5 Å². The van der Waals surface area contributed by atoms with E-state index in [9.17, 15) is 18.0 Å². The third-order valence-corrected chi connectivity index (χ3v) is 3.06. The lowest BCUT2D eigenvalue weighted by atomic mass is 10.1. The average Bonchev–Trinajstić information content (AvgIpc) is 2.52. The molecule has 0 spiro atoms. The Kier molecular flexibility index (Phi) is 5.74. The number of carbonyl (C=O) groups is 1. The summed E-state index contributed by atoms with van der Waals surface area (Å²) < 4.78 is 45.9. The van der Waals surface area contributed by atoms with Crippen molar-refractivity contribution in [1.29, 1.82) is 0 Å². The first-order chi connectivity index (χ1) is 11.8. The number of hydrogen-bond donors (Lipinski definition) is 2. The van der Waals surface area contributed by atoms with Crippen LogP contribution < -0.4 is 20.5 Å². The van der Waals surface area contributed by atoms with E-state index in [1.54, 1.807) is 6.07 Å². The molecule has 0 saturated carbocycles. The van der Waals surface area contributed by atoms with E-state index >= 15 is 0 Å². The molecule has 0 radical (unpaired) electrons. The van der Waals surface area contributed by atoms with Crippen LogP contribution in [0.1, 0.15) is 23.7 Å². The molecular weight excluding hydrogens is 337 g/mol. The number of nitrogens with one attached hydrogen (secondary N) is 1. The van der Waals surface area contributed by atoms with Crippen molar-refractivity contribution in [1.82, 2.24) is 0 Å². The monoisotopic (exact) mass is 354 g/mol. The van der Waals surface area contributed by atoms with Crippen molar-refractivity contribution in [3.63, 3.8) is 0 Å². The zero-order valence-electron chi connectivity index (χ0n) is 13.4. The summed E-state index contributed by atoms with van der Waals surface area (Å²) in [6.07, 6.45) is -3.98. The molecule has 0 aromatic heterocycles. The summed E-state index contributed by atoms with van der Waals surface area (Å²) in [5.41, 5.74) is 6.55. The van der Waals surface area contributed by atoms with Gasteiger partial charge in [-0.15, -0.1) is 13.2 Å². The molecule has 8 heteroatoms. The first-order valence-corrected chi connectivity index (χ1v) is 7.48. The number of benzene rings is 2. The number of hydrogen-bond acceptors (Lipinski definition) is 4. The van der Waals surface area contributed by atoms with Gasteiger partial charge < -0.3 is 20.5 Å². The molecule has 3 N–H and O–H groups in total. The second-order valence-electron chi connectivity index (χ2n) is 5.13. The van der Waals surface area contributed by atoms with Crippen molar-refractivity contribution in [3.05, 3.63) is 48.0 Å². The Bertz CT molecular complexity index is 748. The van der Waals surface area contributed by atoms with E-state index < -0.39 is 18.0 Å². The molecule has 134 valence electrons. The van der Waals surface area contributed by atoms with Crippen LogP contribution in [0.4, 0.5) is 24.5 Å². The van der Waals surface area contributed by atoms with Gasteiger partial charge in [0.25, 0.3) is 5.91 Å². The fraction of sp³-hybridized carbons (Fsp3) is 0.235. The molecule has 2 rings (SSSR count). The quantitative estimate of drug-likeness (QED) is 0.762. The molecule has 0 saturated heterocycles. The Morgan fingerprint density at radius 1 is 1.20 bits per heavy atom. The van der Waals surface area contributed by atoms with Crippen LogP contribution in [0.5, 0.6) is 11.5 Å². The molecule has 25 heavy (non-hydrogen) atoms. The number of alkyl halides is 3. The van der Waals surface area contributed by atoms with Crippen molar-refractivity contribution in [2.45, 2.75) is 19.7 Å². The molecule has 1 amide bonds. The van der Waals surface area contributed by atoms with Crippen molar-refractivity contribution in [2.75, 3.05) is 17.7 Å². The highest BCUT2D eigenvalue weighted by atomic mass is 19.4. The number of nitrogen functional groups attached to an aromatic ring is 1. The van der Waals surface area contributed by atoms with E-state index in [4.69, 9.17) is 10.5 Å². The maximum absolute atomic E-state index is 12.2. The fourth-order valence-electron chi connectivity index (χ4n) is 2.01. The van der Waals surface area contributed by atoms with Crippen LogP contribution >= 0.6 is 0 Å². The summed E-state index contributed by atoms with van der Waals surface area (Å²) in [6, 6.07) is 9.54. The maximum Gasteiger partial charge on any atom is 0.573 e. The Morgan fingerprint density at radius 2 is 1.96 bits per heavy atom. The van der Waals surface area contributed by atoms with Gasteiger partial charge >= 0.3 is 6.36 Å². The van der Waals surface area contributed by atoms with E-state index in [0.29, 0.717) is 18.0 Å². The van der Waals surface area contributed by atoms with Gasteiger partial charge in [0.15, 0.2) is 0 Å². The molecule has 0 aliphatic carbocycles. The zero-order valence-corrected chi connectivity index (χ0v) is 13.4. The van der Waals surface area contributed by atoms with Crippen LogP contribution in [-0.2, 0) is 0 Å². The number of halogens is 3. The molecule has 5 nitrogen and oxygen atoms in total. The minimum absolute atomic E-state index is 0.164. The van der Waals surface area contributed by atoms with Crippen molar-refractivity contribution >= 4 is 17.3 Å². The predicted molar refractivity (Wildman–Crippen MR) is 87.7 cm³/mol. The molecule has 0 unspecified atom stereocenters. The summed E-state index contributed by atoms with van der Waals surface area (Å²) in [5, 5.41) is 2.49. The Morgan fingerprint density at radius 3 is 2.60 bits per heavy atom. The van der Waals surface area contributed by atoms with Gasteiger partial charge in [0, 0.05) is 17.3 Å². The molecule has 0 atom stereocenters. The lowest BCUT2D eigenvalue weighted by Crippen LogP contribution is -2.17. The summed E-state index contributed by atoms with van der Waals surface area (Å²) >= 11 is 0. The molecular formula is C17H17F3N2O3. The Hall–Kier alpha value is -2.90. The van der Waals surface area contributed by atoms with Crippen LogP contribution in [0.2, 0.25) is 0 Å². The number of anilines is 2. The Labute approximate surface area is 142 Å². The normalized spacial score (nSPS) is 11.0. The van der Waals surface area contributed by atoms with Crippen LogP contribution in [0, 0.1) is 0 Å². The third-order valence-electron chi connectivity index (χ3n) is 3.06. The highest BCUT2D eigenvalue weighted by Crippen LogP contribution is 2.26. The van der Waals surface area contributed by atoms with Crippen molar-refractivity contribution < 1.29 is 27.4 Å².